The molecule has 1 N–H and O–H groups in total. The summed E-state index contributed by atoms with van der Waals surface area (Å²) in [6, 6.07) is 3.32. The van der Waals surface area contributed by atoms with Gasteiger partial charge in [-0.2, -0.15) is 4.31 Å². The van der Waals surface area contributed by atoms with Crippen molar-refractivity contribution in [3.8, 4) is 0 Å². The first-order chi connectivity index (χ1) is 8.91. The van der Waals surface area contributed by atoms with E-state index >= 15 is 0 Å². The van der Waals surface area contributed by atoms with E-state index in [0.29, 0.717) is 0 Å². The Balaban J connectivity index is 2.65. The van der Waals surface area contributed by atoms with E-state index in [-0.39, 0.29) is 22.7 Å². The molecule has 0 unspecified atom stereocenters. The Hall–Kier alpha value is -0.920. The Kier molecular flexibility index (Phi) is 5.96. The molecule has 1 heterocycles. The first-order valence-corrected chi connectivity index (χ1v) is 8.53. The predicted molar refractivity (Wildman–Crippen MR) is 76.6 cm³/mol. The molecule has 0 aliphatic carbocycles. The molecule has 1 rings (SSSR count). The minimum Gasteiger partial charge on any atom is -0.352 e. The quantitative estimate of drug-likeness (QED) is 0.833. The minimum atomic E-state index is -3.55. The highest BCUT2D eigenvalue weighted by molar-refractivity contribution is 7.91. The fraction of sp³-hybridized carbons (Fsp3) is 0.583. The van der Waals surface area contributed by atoms with Gasteiger partial charge in [-0.05, 0) is 24.3 Å². The van der Waals surface area contributed by atoms with Gasteiger partial charge in [0.05, 0.1) is 6.54 Å². The highest BCUT2D eigenvalue weighted by atomic mass is 32.2. The lowest BCUT2D eigenvalue weighted by Gasteiger charge is -2.19. The van der Waals surface area contributed by atoms with Crippen molar-refractivity contribution in [3.63, 3.8) is 0 Å². The van der Waals surface area contributed by atoms with Crippen LogP contribution in [0.3, 0.4) is 0 Å². The summed E-state index contributed by atoms with van der Waals surface area (Å²) >= 11 is 1.15. The Bertz CT molecular complexity index is 493. The van der Waals surface area contributed by atoms with Gasteiger partial charge in [-0.25, -0.2) is 8.42 Å². The number of likely N-dealkylation sites (N-methyl/N-ethyl adjacent to an activating group) is 1. The van der Waals surface area contributed by atoms with E-state index in [0.717, 1.165) is 28.5 Å². The summed E-state index contributed by atoms with van der Waals surface area (Å²) < 4.78 is 25.6. The Morgan fingerprint density at radius 3 is 2.53 bits per heavy atom. The first kappa shape index (κ1) is 16.1. The van der Waals surface area contributed by atoms with Crippen LogP contribution in [0.5, 0.6) is 0 Å². The normalized spacial score (nSPS) is 12.1. The lowest BCUT2D eigenvalue weighted by molar-refractivity contribution is -0.121. The van der Waals surface area contributed by atoms with Crippen LogP contribution in [0.4, 0.5) is 0 Å². The molecule has 0 fully saturated rings. The fourth-order valence-corrected chi connectivity index (χ4v) is 3.95. The average molecular weight is 304 g/mol. The highest BCUT2D eigenvalue weighted by Crippen LogP contribution is 2.19. The van der Waals surface area contributed by atoms with E-state index in [1.807, 2.05) is 13.8 Å². The summed E-state index contributed by atoms with van der Waals surface area (Å²) in [5.41, 5.74) is 0. The van der Waals surface area contributed by atoms with Gasteiger partial charge >= 0.3 is 0 Å². The van der Waals surface area contributed by atoms with Gasteiger partial charge < -0.3 is 5.32 Å². The molecule has 0 aliphatic heterocycles. The monoisotopic (exact) mass is 304 g/mol. The van der Waals surface area contributed by atoms with Crippen molar-refractivity contribution in [2.45, 2.75) is 36.9 Å². The second-order valence-electron chi connectivity index (χ2n) is 4.27. The maximum atomic E-state index is 12.1. The number of nitrogens with one attached hydrogen (secondary N) is 1. The van der Waals surface area contributed by atoms with Crippen LogP contribution in [-0.4, -0.2) is 38.3 Å². The van der Waals surface area contributed by atoms with Crippen LogP contribution in [0.1, 0.15) is 26.7 Å². The van der Waals surface area contributed by atoms with Crippen LogP contribution in [0.15, 0.2) is 21.7 Å². The molecule has 108 valence electrons. The minimum absolute atomic E-state index is 0.102. The summed E-state index contributed by atoms with van der Waals surface area (Å²) in [7, 11) is -2.13. The smallest absolute Gasteiger partial charge is 0.252 e. The van der Waals surface area contributed by atoms with Gasteiger partial charge in [0.2, 0.25) is 5.91 Å². The van der Waals surface area contributed by atoms with Crippen molar-refractivity contribution in [1.82, 2.24) is 9.62 Å². The van der Waals surface area contributed by atoms with E-state index in [1.165, 1.54) is 13.1 Å². The molecule has 0 atom stereocenters. The lowest BCUT2D eigenvalue weighted by Crippen LogP contribution is -2.42. The Labute approximate surface area is 118 Å². The molecule has 0 bridgehead atoms. The van der Waals surface area contributed by atoms with Crippen LogP contribution in [0.25, 0.3) is 0 Å². The largest absolute Gasteiger partial charge is 0.352 e. The zero-order valence-electron chi connectivity index (χ0n) is 11.4. The molecule has 1 aromatic rings. The van der Waals surface area contributed by atoms with Gasteiger partial charge in [-0.15, -0.1) is 11.3 Å². The Morgan fingerprint density at radius 2 is 2.05 bits per heavy atom. The van der Waals surface area contributed by atoms with Crippen LogP contribution >= 0.6 is 11.3 Å². The molecule has 0 spiro atoms. The van der Waals surface area contributed by atoms with Crippen LogP contribution in [0.2, 0.25) is 0 Å². The number of carbonyl (C=O) groups excluding carboxylic acids is 1. The van der Waals surface area contributed by atoms with Crippen molar-refractivity contribution in [1.29, 1.82) is 0 Å². The molecular weight excluding hydrogens is 284 g/mol. The number of hydrogen-bond donors (Lipinski definition) is 1. The third-order valence-corrected chi connectivity index (χ3v) is 6.05. The number of hydrogen-bond acceptors (Lipinski definition) is 4. The summed E-state index contributed by atoms with van der Waals surface area (Å²) in [4.78, 5) is 11.8. The van der Waals surface area contributed by atoms with Crippen LogP contribution < -0.4 is 5.32 Å². The third kappa shape index (κ3) is 4.29. The number of sulfonamides is 1. The van der Waals surface area contributed by atoms with E-state index in [4.69, 9.17) is 0 Å². The summed E-state index contributed by atoms with van der Waals surface area (Å²) in [6.45, 7) is 3.82. The molecule has 0 saturated carbocycles. The lowest BCUT2D eigenvalue weighted by atomic mass is 10.2. The van der Waals surface area contributed by atoms with Gasteiger partial charge in [-0.3, -0.25) is 4.79 Å². The summed E-state index contributed by atoms with van der Waals surface area (Å²) in [5.74, 6) is -0.267. The second-order valence-corrected chi connectivity index (χ2v) is 7.49. The maximum absolute atomic E-state index is 12.1. The SMILES string of the molecule is CCC(CC)NC(=O)CN(C)S(=O)(=O)c1cccs1. The van der Waals surface area contributed by atoms with Gasteiger partial charge in [0.15, 0.2) is 0 Å². The first-order valence-electron chi connectivity index (χ1n) is 6.21. The van der Waals surface area contributed by atoms with Gasteiger partial charge in [0.1, 0.15) is 4.21 Å². The van der Waals surface area contributed by atoms with Crippen molar-refractivity contribution in [3.05, 3.63) is 17.5 Å². The number of rotatable bonds is 7. The predicted octanol–water partition coefficient (Wildman–Crippen LogP) is 1.67. The fourth-order valence-electron chi connectivity index (χ4n) is 1.62. The number of amides is 1. The summed E-state index contributed by atoms with van der Waals surface area (Å²) in [6.07, 6.45) is 1.67. The van der Waals surface area contributed by atoms with Crippen LogP contribution in [-0.2, 0) is 14.8 Å². The van der Waals surface area contributed by atoms with Gasteiger partial charge in [-0.1, -0.05) is 19.9 Å². The van der Waals surface area contributed by atoms with Gasteiger partial charge in [0.25, 0.3) is 10.0 Å². The topological polar surface area (TPSA) is 66.5 Å². The average Bonchev–Trinajstić information content (AvgIpc) is 2.90. The third-order valence-electron chi connectivity index (χ3n) is 2.88. The maximum Gasteiger partial charge on any atom is 0.252 e. The standard InChI is InChI=1S/C12H20N2O3S2/c1-4-10(5-2)13-11(15)9-14(3)19(16,17)12-7-6-8-18-12/h6-8,10H,4-5,9H2,1-3H3,(H,13,15). The zero-order chi connectivity index (χ0) is 14.5. The van der Waals surface area contributed by atoms with Crippen molar-refractivity contribution < 1.29 is 13.2 Å². The van der Waals surface area contributed by atoms with Crippen molar-refractivity contribution in [2.75, 3.05) is 13.6 Å². The highest BCUT2D eigenvalue weighted by Gasteiger charge is 2.24. The van der Waals surface area contributed by atoms with Crippen molar-refractivity contribution >= 4 is 27.3 Å². The second kappa shape index (κ2) is 7.02. The number of carbonyl (C=O) groups is 1. The molecule has 0 aliphatic rings. The number of nitrogens with zero attached hydrogens (tertiary/aromatic N) is 1. The molecule has 19 heavy (non-hydrogen) atoms. The molecule has 0 aromatic carbocycles. The molecule has 0 radical (unpaired) electrons. The van der Waals surface area contributed by atoms with E-state index in [2.05, 4.69) is 5.32 Å². The molecule has 5 nitrogen and oxygen atoms in total. The van der Waals surface area contributed by atoms with E-state index in [9.17, 15) is 13.2 Å². The van der Waals surface area contributed by atoms with Gasteiger partial charge in [0, 0.05) is 13.1 Å². The molecule has 1 aromatic heterocycles. The molecule has 1 amide bonds. The molecule has 7 heteroatoms. The van der Waals surface area contributed by atoms with Crippen LogP contribution in [0, 0.1) is 0 Å². The van der Waals surface area contributed by atoms with E-state index in [1.54, 1.807) is 11.4 Å². The summed E-state index contributed by atoms with van der Waals surface area (Å²) in [5, 5.41) is 4.52. The number of thiophene rings is 1. The molecular formula is C12H20N2O3S2. The Morgan fingerprint density at radius 1 is 1.42 bits per heavy atom. The van der Waals surface area contributed by atoms with Crippen molar-refractivity contribution in [2.24, 2.45) is 0 Å². The molecule has 0 saturated heterocycles. The zero-order valence-corrected chi connectivity index (χ0v) is 13.1. The van der Waals surface area contributed by atoms with E-state index < -0.39 is 10.0 Å².